The van der Waals surface area contributed by atoms with Crippen LogP contribution >= 0.6 is 0 Å². The third-order valence-electron chi connectivity index (χ3n) is 4.60. The maximum absolute atomic E-state index is 12.7. The fourth-order valence-corrected chi connectivity index (χ4v) is 3.98. The van der Waals surface area contributed by atoms with Crippen LogP contribution in [0.3, 0.4) is 0 Å². The summed E-state index contributed by atoms with van der Waals surface area (Å²) in [6, 6.07) is 0. The van der Waals surface area contributed by atoms with Crippen molar-refractivity contribution in [1.29, 1.82) is 0 Å². The van der Waals surface area contributed by atoms with Crippen molar-refractivity contribution in [2.45, 2.75) is 19.3 Å². The summed E-state index contributed by atoms with van der Waals surface area (Å²) in [6.45, 7) is 4.09. The molecular weight excluding hydrogens is 292 g/mol. The Morgan fingerprint density at radius 2 is 2.00 bits per heavy atom. The average molecular weight is 318 g/mol. The third kappa shape index (κ3) is 4.17. The normalized spacial score (nSPS) is 27.7. The Morgan fingerprint density at radius 1 is 1.24 bits per heavy atom. The maximum atomic E-state index is 12.7. The molecule has 2 fully saturated rings. The zero-order valence-electron chi connectivity index (χ0n) is 13.0. The Kier molecular flexibility index (Phi) is 5.27. The molecule has 0 aromatic heterocycles. The molecular formula is C14H26N2O4S. The first-order valence-electron chi connectivity index (χ1n) is 7.55. The van der Waals surface area contributed by atoms with E-state index in [1.165, 1.54) is 6.26 Å². The van der Waals surface area contributed by atoms with Crippen LogP contribution in [0.4, 0.5) is 0 Å². The van der Waals surface area contributed by atoms with E-state index >= 15 is 0 Å². The Morgan fingerprint density at radius 3 is 2.67 bits per heavy atom. The summed E-state index contributed by atoms with van der Waals surface area (Å²) in [5.41, 5.74) is -0.288. The van der Waals surface area contributed by atoms with Gasteiger partial charge in [0.1, 0.15) is 9.84 Å². The van der Waals surface area contributed by atoms with Crippen molar-refractivity contribution in [3.63, 3.8) is 0 Å². The molecule has 2 rings (SSSR count). The van der Waals surface area contributed by atoms with Gasteiger partial charge in [0, 0.05) is 39.5 Å². The molecule has 1 spiro atoms. The fourth-order valence-electron chi connectivity index (χ4n) is 3.39. The standard InChI is InChI=1S/C14H26N2O4S/c1-20-10-8-16-6-3-4-14(13(16)17)5-7-15(12-14)9-11-21(2,18)19/h3-12H2,1-2H3. The Hall–Kier alpha value is -0.660. The first-order valence-corrected chi connectivity index (χ1v) is 9.61. The summed E-state index contributed by atoms with van der Waals surface area (Å²) >= 11 is 0. The van der Waals surface area contributed by atoms with Crippen molar-refractivity contribution in [2.75, 3.05) is 58.4 Å². The molecule has 0 bridgehead atoms. The number of carbonyl (C=O) groups is 1. The smallest absolute Gasteiger partial charge is 0.230 e. The molecule has 0 radical (unpaired) electrons. The van der Waals surface area contributed by atoms with Crippen molar-refractivity contribution in [1.82, 2.24) is 9.80 Å². The van der Waals surface area contributed by atoms with E-state index in [-0.39, 0.29) is 17.1 Å². The second kappa shape index (κ2) is 6.62. The van der Waals surface area contributed by atoms with Gasteiger partial charge in [-0.15, -0.1) is 0 Å². The van der Waals surface area contributed by atoms with Crippen LogP contribution in [0.25, 0.3) is 0 Å². The number of methoxy groups -OCH3 is 1. The highest BCUT2D eigenvalue weighted by Crippen LogP contribution is 2.39. The second-order valence-corrected chi connectivity index (χ2v) is 8.58. The average Bonchev–Trinajstić information content (AvgIpc) is 2.82. The van der Waals surface area contributed by atoms with Crippen LogP contribution < -0.4 is 0 Å². The molecule has 1 atom stereocenters. The van der Waals surface area contributed by atoms with Gasteiger partial charge in [0.25, 0.3) is 0 Å². The molecule has 1 amide bonds. The highest BCUT2D eigenvalue weighted by Gasteiger charge is 2.47. The Labute approximate surface area is 127 Å². The van der Waals surface area contributed by atoms with Gasteiger partial charge in [0.05, 0.1) is 17.8 Å². The van der Waals surface area contributed by atoms with Gasteiger partial charge in [-0.2, -0.15) is 0 Å². The number of rotatable bonds is 6. The predicted molar refractivity (Wildman–Crippen MR) is 80.9 cm³/mol. The largest absolute Gasteiger partial charge is 0.383 e. The second-order valence-electron chi connectivity index (χ2n) is 6.32. The van der Waals surface area contributed by atoms with Crippen LogP contribution in [0.2, 0.25) is 0 Å². The molecule has 7 heteroatoms. The van der Waals surface area contributed by atoms with E-state index in [0.717, 1.165) is 32.4 Å². The van der Waals surface area contributed by atoms with Crippen molar-refractivity contribution in [2.24, 2.45) is 5.41 Å². The highest BCUT2D eigenvalue weighted by molar-refractivity contribution is 7.90. The van der Waals surface area contributed by atoms with E-state index in [9.17, 15) is 13.2 Å². The van der Waals surface area contributed by atoms with Crippen LogP contribution in [0, 0.1) is 5.41 Å². The zero-order chi connectivity index (χ0) is 15.5. The maximum Gasteiger partial charge on any atom is 0.230 e. The lowest BCUT2D eigenvalue weighted by Crippen LogP contribution is -2.51. The number of ether oxygens (including phenoxy) is 1. The highest BCUT2D eigenvalue weighted by atomic mass is 32.2. The van der Waals surface area contributed by atoms with E-state index in [1.54, 1.807) is 7.11 Å². The molecule has 2 aliphatic rings. The van der Waals surface area contributed by atoms with Gasteiger partial charge in [-0.25, -0.2) is 8.42 Å². The van der Waals surface area contributed by atoms with E-state index in [0.29, 0.717) is 26.2 Å². The minimum Gasteiger partial charge on any atom is -0.383 e. The fraction of sp³-hybridized carbons (Fsp3) is 0.929. The van der Waals surface area contributed by atoms with E-state index in [1.807, 2.05) is 4.90 Å². The van der Waals surface area contributed by atoms with Crippen molar-refractivity contribution in [3.05, 3.63) is 0 Å². The van der Waals surface area contributed by atoms with Crippen molar-refractivity contribution >= 4 is 15.7 Å². The number of hydrogen-bond acceptors (Lipinski definition) is 5. The third-order valence-corrected chi connectivity index (χ3v) is 5.52. The molecule has 6 nitrogen and oxygen atoms in total. The van der Waals surface area contributed by atoms with E-state index < -0.39 is 9.84 Å². The minimum absolute atomic E-state index is 0.171. The molecule has 21 heavy (non-hydrogen) atoms. The lowest BCUT2D eigenvalue weighted by atomic mass is 9.78. The number of nitrogens with zero attached hydrogens (tertiary/aromatic N) is 2. The summed E-state index contributed by atoms with van der Waals surface area (Å²) in [5, 5.41) is 0. The van der Waals surface area contributed by atoms with Crippen LogP contribution in [0.1, 0.15) is 19.3 Å². The number of piperidine rings is 1. The van der Waals surface area contributed by atoms with Gasteiger partial charge in [-0.3, -0.25) is 4.79 Å². The Bertz CT molecular complexity index is 479. The zero-order valence-corrected chi connectivity index (χ0v) is 13.8. The molecule has 1 unspecified atom stereocenters. The van der Waals surface area contributed by atoms with Gasteiger partial charge >= 0.3 is 0 Å². The number of likely N-dealkylation sites (tertiary alicyclic amines) is 2. The molecule has 0 N–H and O–H groups in total. The van der Waals surface area contributed by atoms with Crippen molar-refractivity contribution < 1.29 is 17.9 Å². The molecule has 0 aromatic rings. The summed E-state index contributed by atoms with van der Waals surface area (Å²) in [5.74, 6) is 0.401. The van der Waals surface area contributed by atoms with Gasteiger partial charge in [0.2, 0.25) is 5.91 Å². The summed E-state index contributed by atoms with van der Waals surface area (Å²) in [6.07, 6.45) is 4.05. The van der Waals surface area contributed by atoms with Gasteiger partial charge < -0.3 is 14.5 Å². The number of amides is 1. The monoisotopic (exact) mass is 318 g/mol. The summed E-state index contributed by atoms with van der Waals surface area (Å²) in [4.78, 5) is 16.8. The minimum atomic E-state index is -2.94. The van der Waals surface area contributed by atoms with Gasteiger partial charge in [0.15, 0.2) is 0 Å². The first kappa shape index (κ1) is 16.7. The first-order chi connectivity index (χ1) is 9.86. The molecule has 2 heterocycles. The van der Waals surface area contributed by atoms with Crippen LogP contribution in [0.5, 0.6) is 0 Å². The molecule has 2 aliphatic heterocycles. The number of sulfone groups is 1. The Balaban J connectivity index is 1.94. The molecule has 0 aromatic carbocycles. The molecule has 122 valence electrons. The van der Waals surface area contributed by atoms with Gasteiger partial charge in [-0.1, -0.05) is 0 Å². The number of hydrogen-bond donors (Lipinski definition) is 0. The molecule has 0 saturated carbocycles. The predicted octanol–water partition coefficient (Wildman–Crippen LogP) is -0.00810. The topological polar surface area (TPSA) is 66.9 Å². The van der Waals surface area contributed by atoms with Gasteiger partial charge in [-0.05, 0) is 25.8 Å². The lowest BCUT2D eigenvalue weighted by molar-refractivity contribution is -0.146. The SMILES string of the molecule is COCCN1CCCC2(CCN(CCS(C)(=O)=O)C2)C1=O. The molecule has 0 aliphatic carbocycles. The van der Waals surface area contributed by atoms with Crippen LogP contribution in [0.15, 0.2) is 0 Å². The number of carbonyl (C=O) groups excluding carboxylic acids is 1. The summed E-state index contributed by atoms with van der Waals surface area (Å²) < 4.78 is 27.6. The van der Waals surface area contributed by atoms with Crippen LogP contribution in [-0.4, -0.2) is 82.6 Å². The van der Waals surface area contributed by atoms with E-state index in [2.05, 4.69) is 4.90 Å². The summed E-state index contributed by atoms with van der Waals surface area (Å²) in [7, 11) is -1.30. The van der Waals surface area contributed by atoms with Crippen LogP contribution in [-0.2, 0) is 19.4 Å². The van der Waals surface area contributed by atoms with Crippen molar-refractivity contribution in [3.8, 4) is 0 Å². The molecule has 2 saturated heterocycles. The van der Waals surface area contributed by atoms with E-state index in [4.69, 9.17) is 4.74 Å². The quantitative estimate of drug-likeness (QED) is 0.689. The lowest BCUT2D eigenvalue weighted by Gasteiger charge is -2.39.